The maximum atomic E-state index is 12.6. The number of piperidine rings is 1. The lowest BCUT2D eigenvalue weighted by Crippen LogP contribution is -2.41. The van der Waals surface area contributed by atoms with Gasteiger partial charge in [0, 0.05) is 18.8 Å². The first kappa shape index (κ1) is 18.5. The normalized spacial score (nSPS) is 15.1. The number of nitrogens with zero attached hydrogens (tertiary/aromatic N) is 1. The number of likely N-dealkylation sites (tertiary alicyclic amines) is 1. The second kappa shape index (κ2) is 8.88. The maximum Gasteiger partial charge on any atom is 0.241 e. The molecule has 0 atom stereocenters. The molecule has 0 spiro atoms. The average Bonchev–Trinajstić information content (AvgIpc) is 2.68. The molecule has 26 heavy (non-hydrogen) atoms. The summed E-state index contributed by atoms with van der Waals surface area (Å²) in [5.74, 6) is 0.908. The highest BCUT2D eigenvalue weighted by molar-refractivity contribution is 5.81. The Morgan fingerprint density at radius 3 is 2.50 bits per heavy atom. The quantitative estimate of drug-likeness (QED) is 0.835. The van der Waals surface area contributed by atoms with Gasteiger partial charge in [-0.05, 0) is 55.2 Å². The van der Waals surface area contributed by atoms with E-state index < -0.39 is 0 Å². The van der Waals surface area contributed by atoms with Gasteiger partial charge in [-0.1, -0.05) is 55.5 Å². The molecule has 1 fully saturated rings. The van der Waals surface area contributed by atoms with Crippen molar-refractivity contribution >= 4 is 11.6 Å². The number of carbonyl (C=O) groups excluding carboxylic acids is 1. The number of anilines is 1. The van der Waals surface area contributed by atoms with Crippen LogP contribution < -0.4 is 5.32 Å². The van der Waals surface area contributed by atoms with Crippen LogP contribution in [0.1, 0.15) is 36.5 Å². The fourth-order valence-electron chi connectivity index (χ4n) is 3.89. The first-order valence-electron chi connectivity index (χ1n) is 9.81. The second-order valence-corrected chi connectivity index (χ2v) is 7.33. The van der Waals surface area contributed by atoms with Crippen LogP contribution in [-0.2, 0) is 17.6 Å². The molecule has 2 aromatic carbocycles. The highest BCUT2D eigenvalue weighted by Gasteiger charge is 2.22. The third-order valence-electron chi connectivity index (χ3n) is 5.49. The fourth-order valence-corrected chi connectivity index (χ4v) is 3.89. The van der Waals surface area contributed by atoms with Crippen LogP contribution in [-0.4, -0.2) is 30.4 Å². The van der Waals surface area contributed by atoms with Crippen molar-refractivity contribution in [1.29, 1.82) is 0 Å². The molecule has 3 rings (SSSR count). The molecule has 1 saturated heterocycles. The van der Waals surface area contributed by atoms with E-state index in [9.17, 15) is 4.79 Å². The van der Waals surface area contributed by atoms with Gasteiger partial charge in [-0.2, -0.15) is 0 Å². The van der Waals surface area contributed by atoms with Crippen LogP contribution in [0.3, 0.4) is 0 Å². The van der Waals surface area contributed by atoms with E-state index in [4.69, 9.17) is 0 Å². The molecule has 3 nitrogen and oxygen atoms in total. The van der Waals surface area contributed by atoms with Crippen LogP contribution in [0.5, 0.6) is 0 Å². The summed E-state index contributed by atoms with van der Waals surface area (Å²) in [5, 5.41) is 3.39. The smallest absolute Gasteiger partial charge is 0.241 e. The monoisotopic (exact) mass is 350 g/mol. The van der Waals surface area contributed by atoms with Gasteiger partial charge < -0.3 is 10.2 Å². The van der Waals surface area contributed by atoms with E-state index in [0.717, 1.165) is 44.5 Å². The Kier molecular flexibility index (Phi) is 6.32. The van der Waals surface area contributed by atoms with Crippen LogP contribution >= 0.6 is 0 Å². The van der Waals surface area contributed by atoms with E-state index in [1.54, 1.807) is 0 Å². The number of hydrogen-bond acceptors (Lipinski definition) is 2. The minimum Gasteiger partial charge on any atom is -0.376 e. The SMILES string of the molecule is CCc1cccc(C)c1NCC(=O)N1CCC(Cc2ccccc2)CC1. The highest BCUT2D eigenvalue weighted by atomic mass is 16.2. The van der Waals surface area contributed by atoms with Gasteiger partial charge in [-0.3, -0.25) is 4.79 Å². The van der Waals surface area contributed by atoms with Crippen molar-refractivity contribution in [3.63, 3.8) is 0 Å². The molecule has 0 aliphatic carbocycles. The lowest BCUT2D eigenvalue weighted by atomic mass is 9.90. The molecule has 0 aromatic heterocycles. The molecular formula is C23H30N2O. The van der Waals surface area contributed by atoms with Crippen LogP contribution in [0.15, 0.2) is 48.5 Å². The summed E-state index contributed by atoms with van der Waals surface area (Å²) in [6.45, 7) is 6.40. The van der Waals surface area contributed by atoms with Crippen molar-refractivity contribution in [2.45, 2.75) is 39.5 Å². The zero-order valence-electron chi connectivity index (χ0n) is 16.0. The summed E-state index contributed by atoms with van der Waals surface area (Å²) >= 11 is 0. The topological polar surface area (TPSA) is 32.3 Å². The molecule has 0 bridgehead atoms. The largest absolute Gasteiger partial charge is 0.376 e. The number of rotatable bonds is 6. The van der Waals surface area contributed by atoms with Crippen LogP contribution in [0.2, 0.25) is 0 Å². The van der Waals surface area contributed by atoms with Gasteiger partial charge in [0.2, 0.25) is 5.91 Å². The van der Waals surface area contributed by atoms with Crippen molar-refractivity contribution in [2.24, 2.45) is 5.92 Å². The van der Waals surface area contributed by atoms with E-state index in [2.05, 4.69) is 67.7 Å². The lowest BCUT2D eigenvalue weighted by Gasteiger charge is -2.32. The fraction of sp³-hybridized carbons (Fsp3) is 0.435. The Balaban J connectivity index is 1.48. The third kappa shape index (κ3) is 4.66. The molecule has 3 heteroatoms. The molecule has 0 saturated carbocycles. The van der Waals surface area contributed by atoms with Gasteiger partial charge >= 0.3 is 0 Å². The summed E-state index contributed by atoms with van der Waals surface area (Å²) in [6.07, 6.45) is 4.31. The van der Waals surface area contributed by atoms with E-state index >= 15 is 0 Å². The van der Waals surface area contributed by atoms with E-state index in [0.29, 0.717) is 12.5 Å². The molecule has 1 aliphatic rings. The molecule has 0 unspecified atom stereocenters. The van der Waals surface area contributed by atoms with Crippen molar-refractivity contribution in [2.75, 3.05) is 25.0 Å². The maximum absolute atomic E-state index is 12.6. The number of benzene rings is 2. The predicted octanol–water partition coefficient (Wildman–Crippen LogP) is 4.45. The van der Waals surface area contributed by atoms with Crippen LogP contribution in [0, 0.1) is 12.8 Å². The zero-order valence-corrected chi connectivity index (χ0v) is 16.0. The number of nitrogens with one attached hydrogen (secondary N) is 1. The summed E-state index contributed by atoms with van der Waals surface area (Å²) in [7, 11) is 0. The molecule has 1 heterocycles. The first-order chi connectivity index (χ1) is 12.7. The Morgan fingerprint density at radius 2 is 1.81 bits per heavy atom. The Bertz CT molecular complexity index is 718. The van der Waals surface area contributed by atoms with Gasteiger partial charge in [0.1, 0.15) is 0 Å². The predicted molar refractivity (Wildman–Crippen MR) is 108 cm³/mol. The van der Waals surface area contributed by atoms with Gasteiger partial charge in [-0.15, -0.1) is 0 Å². The number of para-hydroxylation sites is 1. The Hall–Kier alpha value is -2.29. The molecule has 0 radical (unpaired) electrons. The molecule has 1 N–H and O–H groups in total. The van der Waals surface area contributed by atoms with Crippen molar-refractivity contribution in [1.82, 2.24) is 4.90 Å². The lowest BCUT2D eigenvalue weighted by molar-refractivity contribution is -0.130. The summed E-state index contributed by atoms with van der Waals surface area (Å²) < 4.78 is 0. The van der Waals surface area contributed by atoms with Gasteiger partial charge in [0.15, 0.2) is 0 Å². The number of amides is 1. The number of aryl methyl sites for hydroxylation is 2. The van der Waals surface area contributed by atoms with Crippen molar-refractivity contribution < 1.29 is 4.79 Å². The first-order valence-corrected chi connectivity index (χ1v) is 9.81. The van der Waals surface area contributed by atoms with Gasteiger partial charge in [-0.25, -0.2) is 0 Å². The summed E-state index contributed by atoms with van der Waals surface area (Å²) in [5.41, 5.74) is 5.02. The molecule has 2 aromatic rings. The standard InChI is InChI=1S/C23H30N2O/c1-3-21-11-7-8-18(2)23(21)24-17-22(26)25-14-12-20(13-15-25)16-19-9-5-4-6-10-19/h4-11,20,24H,3,12-17H2,1-2H3. The Labute approximate surface area is 157 Å². The van der Waals surface area contributed by atoms with E-state index in [-0.39, 0.29) is 5.91 Å². The third-order valence-corrected chi connectivity index (χ3v) is 5.49. The van der Waals surface area contributed by atoms with Gasteiger partial charge in [0.25, 0.3) is 0 Å². The summed E-state index contributed by atoms with van der Waals surface area (Å²) in [6, 6.07) is 17.0. The minimum atomic E-state index is 0.216. The van der Waals surface area contributed by atoms with Crippen LogP contribution in [0.25, 0.3) is 0 Å². The highest BCUT2D eigenvalue weighted by Crippen LogP contribution is 2.23. The zero-order chi connectivity index (χ0) is 18.4. The summed E-state index contributed by atoms with van der Waals surface area (Å²) in [4.78, 5) is 14.6. The molecular weight excluding hydrogens is 320 g/mol. The second-order valence-electron chi connectivity index (χ2n) is 7.33. The van der Waals surface area contributed by atoms with E-state index in [1.165, 1.54) is 16.7 Å². The molecule has 1 amide bonds. The van der Waals surface area contributed by atoms with Gasteiger partial charge in [0.05, 0.1) is 6.54 Å². The molecule has 1 aliphatic heterocycles. The van der Waals surface area contributed by atoms with E-state index in [1.807, 2.05) is 4.90 Å². The number of carbonyl (C=O) groups is 1. The average molecular weight is 351 g/mol. The Morgan fingerprint density at radius 1 is 1.08 bits per heavy atom. The van der Waals surface area contributed by atoms with Crippen molar-refractivity contribution in [3.05, 3.63) is 65.2 Å². The van der Waals surface area contributed by atoms with Crippen molar-refractivity contribution in [3.8, 4) is 0 Å². The van der Waals surface area contributed by atoms with Crippen LogP contribution in [0.4, 0.5) is 5.69 Å². The number of hydrogen-bond donors (Lipinski definition) is 1. The minimum absolute atomic E-state index is 0.216. The molecule has 138 valence electrons.